The van der Waals surface area contributed by atoms with Crippen molar-refractivity contribution in [2.45, 2.75) is 12.8 Å². The van der Waals surface area contributed by atoms with Crippen LogP contribution >= 0.6 is 0 Å². The standard InChI is InChI=1S/C21H22N4O3/c26-20(24-28)11-8-16-4-3-5-18(14-16)21(27)23-22-15-17-6-9-19(10-7-17)25-12-1-2-13-25/h3-11,14-15,28H,1-2,12-13H2,(H,23,27)(H,24,26). The highest BCUT2D eigenvalue weighted by molar-refractivity contribution is 5.96. The Hall–Kier alpha value is -3.45. The van der Waals surface area contributed by atoms with Crippen LogP contribution in [0, 0.1) is 0 Å². The van der Waals surface area contributed by atoms with Crippen LogP contribution in [0.1, 0.15) is 34.3 Å². The molecule has 2 amide bonds. The normalized spacial score (nSPS) is 14.0. The van der Waals surface area contributed by atoms with Crippen LogP contribution in [0.5, 0.6) is 0 Å². The highest BCUT2D eigenvalue weighted by Crippen LogP contribution is 2.19. The number of amides is 2. The quantitative estimate of drug-likeness (QED) is 0.312. The molecule has 1 aliphatic rings. The fourth-order valence-corrected chi connectivity index (χ4v) is 2.97. The minimum Gasteiger partial charge on any atom is -0.372 e. The van der Waals surface area contributed by atoms with E-state index in [1.807, 2.05) is 12.1 Å². The van der Waals surface area contributed by atoms with E-state index in [1.54, 1.807) is 30.5 Å². The zero-order valence-electron chi connectivity index (χ0n) is 15.3. The molecular weight excluding hydrogens is 356 g/mol. The molecule has 1 saturated heterocycles. The number of hydroxylamine groups is 1. The molecule has 0 aliphatic carbocycles. The van der Waals surface area contributed by atoms with E-state index in [9.17, 15) is 9.59 Å². The van der Waals surface area contributed by atoms with Gasteiger partial charge in [0.15, 0.2) is 0 Å². The summed E-state index contributed by atoms with van der Waals surface area (Å²) in [6.07, 6.45) is 6.73. The van der Waals surface area contributed by atoms with Gasteiger partial charge in [0.25, 0.3) is 11.8 Å². The van der Waals surface area contributed by atoms with Crippen LogP contribution in [0.4, 0.5) is 5.69 Å². The van der Waals surface area contributed by atoms with Gasteiger partial charge in [0, 0.05) is 30.4 Å². The average molecular weight is 378 g/mol. The van der Waals surface area contributed by atoms with Crippen LogP contribution < -0.4 is 15.8 Å². The van der Waals surface area contributed by atoms with Crippen LogP contribution in [0.25, 0.3) is 6.08 Å². The van der Waals surface area contributed by atoms with Gasteiger partial charge in [-0.1, -0.05) is 24.3 Å². The predicted octanol–water partition coefficient (Wildman–Crippen LogP) is 2.57. The number of hydrogen-bond acceptors (Lipinski definition) is 5. The lowest BCUT2D eigenvalue weighted by Gasteiger charge is -2.17. The smallest absolute Gasteiger partial charge is 0.271 e. The zero-order valence-corrected chi connectivity index (χ0v) is 15.3. The van der Waals surface area contributed by atoms with Crippen molar-refractivity contribution in [1.29, 1.82) is 0 Å². The van der Waals surface area contributed by atoms with Crippen molar-refractivity contribution in [3.63, 3.8) is 0 Å². The molecule has 2 aromatic rings. The summed E-state index contributed by atoms with van der Waals surface area (Å²) in [6, 6.07) is 14.8. The molecule has 0 radical (unpaired) electrons. The molecule has 7 heteroatoms. The summed E-state index contributed by atoms with van der Waals surface area (Å²) < 4.78 is 0. The Bertz CT molecular complexity index is 885. The van der Waals surface area contributed by atoms with Gasteiger partial charge >= 0.3 is 0 Å². The molecule has 2 aromatic carbocycles. The number of benzene rings is 2. The van der Waals surface area contributed by atoms with Crippen LogP contribution in [-0.2, 0) is 4.79 Å². The maximum Gasteiger partial charge on any atom is 0.271 e. The third-order valence-corrected chi connectivity index (χ3v) is 4.43. The number of hydrogen-bond donors (Lipinski definition) is 3. The van der Waals surface area contributed by atoms with Crippen molar-refractivity contribution >= 4 is 29.8 Å². The summed E-state index contributed by atoms with van der Waals surface area (Å²) in [6.45, 7) is 2.20. The number of nitrogens with zero attached hydrogens (tertiary/aromatic N) is 2. The fourth-order valence-electron chi connectivity index (χ4n) is 2.97. The van der Waals surface area contributed by atoms with Gasteiger partial charge in [-0.15, -0.1) is 0 Å². The number of carbonyl (C=O) groups is 2. The molecule has 7 nitrogen and oxygen atoms in total. The largest absolute Gasteiger partial charge is 0.372 e. The lowest BCUT2D eigenvalue weighted by molar-refractivity contribution is -0.124. The van der Waals surface area contributed by atoms with Gasteiger partial charge in [0.2, 0.25) is 0 Å². The first-order valence-corrected chi connectivity index (χ1v) is 9.06. The second-order valence-corrected chi connectivity index (χ2v) is 6.42. The molecule has 28 heavy (non-hydrogen) atoms. The molecule has 0 aromatic heterocycles. The fraction of sp³-hybridized carbons (Fsp3) is 0.190. The number of nitrogens with one attached hydrogen (secondary N) is 2. The van der Waals surface area contributed by atoms with Gasteiger partial charge in [-0.05, 0) is 54.3 Å². The van der Waals surface area contributed by atoms with Gasteiger partial charge in [0.1, 0.15) is 0 Å². The Labute approximate surface area is 163 Å². The van der Waals surface area contributed by atoms with E-state index >= 15 is 0 Å². The van der Waals surface area contributed by atoms with E-state index in [1.165, 1.54) is 36.2 Å². The molecule has 1 aliphatic heterocycles. The van der Waals surface area contributed by atoms with Crippen molar-refractivity contribution in [2.24, 2.45) is 5.10 Å². The molecule has 0 unspecified atom stereocenters. The zero-order chi connectivity index (χ0) is 19.8. The molecular formula is C21H22N4O3. The van der Waals surface area contributed by atoms with Crippen molar-refractivity contribution < 1.29 is 14.8 Å². The minimum absolute atomic E-state index is 0.355. The van der Waals surface area contributed by atoms with E-state index in [0.29, 0.717) is 11.1 Å². The highest BCUT2D eigenvalue weighted by atomic mass is 16.5. The number of anilines is 1. The number of rotatable bonds is 6. The maximum atomic E-state index is 12.2. The van der Waals surface area contributed by atoms with Gasteiger partial charge in [-0.2, -0.15) is 5.10 Å². The third kappa shape index (κ3) is 5.28. The monoisotopic (exact) mass is 378 g/mol. The van der Waals surface area contributed by atoms with E-state index in [2.05, 4.69) is 27.6 Å². The molecule has 1 fully saturated rings. The first kappa shape index (κ1) is 19.3. The van der Waals surface area contributed by atoms with Crippen molar-refractivity contribution in [2.75, 3.05) is 18.0 Å². The molecule has 0 atom stereocenters. The van der Waals surface area contributed by atoms with Gasteiger partial charge in [-0.3, -0.25) is 14.8 Å². The van der Waals surface area contributed by atoms with Crippen molar-refractivity contribution in [1.82, 2.24) is 10.9 Å². The SMILES string of the molecule is O=C(C=Cc1cccc(C(=O)NN=Cc2ccc(N3CCCC3)cc2)c1)NO. The molecule has 0 spiro atoms. The Kier molecular flexibility index (Phi) is 6.54. The first-order chi connectivity index (χ1) is 13.7. The summed E-state index contributed by atoms with van der Waals surface area (Å²) in [7, 11) is 0. The summed E-state index contributed by atoms with van der Waals surface area (Å²) in [5, 5.41) is 12.5. The summed E-state index contributed by atoms with van der Waals surface area (Å²) in [4.78, 5) is 25.6. The highest BCUT2D eigenvalue weighted by Gasteiger charge is 2.11. The molecule has 0 bridgehead atoms. The second kappa shape index (κ2) is 9.48. The van der Waals surface area contributed by atoms with E-state index in [4.69, 9.17) is 5.21 Å². The molecule has 0 saturated carbocycles. The third-order valence-electron chi connectivity index (χ3n) is 4.43. The Balaban J connectivity index is 1.57. The lowest BCUT2D eigenvalue weighted by Crippen LogP contribution is -2.18. The molecule has 144 valence electrons. The van der Waals surface area contributed by atoms with Crippen LogP contribution in [0.3, 0.4) is 0 Å². The second-order valence-electron chi connectivity index (χ2n) is 6.42. The number of carbonyl (C=O) groups excluding carboxylic acids is 2. The molecule has 1 heterocycles. The van der Waals surface area contributed by atoms with Crippen LogP contribution in [0.2, 0.25) is 0 Å². The summed E-state index contributed by atoms with van der Waals surface area (Å²) in [5.74, 6) is -0.998. The van der Waals surface area contributed by atoms with Gasteiger partial charge in [0.05, 0.1) is 6.21 Å². The molecule has 3 rings (SSSR count). The van der Waals surface area contributed by atoms with Crippen molar-refractivity contribution in [3.05, 3.63) is 71.3 Å². The van der Waals surface area contributed by atoms with E-state index in [0.717, 1.165) is 18.7 Å². The first-order valence-electron chi connectivity index (χ1n) is 9.06. The van der Waals surface area contributed by atoms with Crippen LogP contribution in [0.15, 0.2) is 59.7 Å². The maximum absolute atomic E-state index is 12.2. The van der Waals surface area contributed by atoms with Crippen molar-refractivity contribution in [3.8, 4) is 0 Å². The van der Waals surface area contributed by atoms with Gasteiger partial charge < -0.3 is 4.90 Å². The Morgan fingerprint density at radius 3 is 2.50 bits per heavy atom. The topological polar surface area (TPSA) is 94.0 Å². The summed E-state index contributed by atoms with van der Waals surface area (Å²) >= 11 is 0. The minimum atomic E-state index is -0.643. The van der Waals surface area contributed by atoms with E-state index in [-0.39, 0.29) is 5.91 Å². The number of hydrazone groups is 1. The van der Waals surface area contributed by atoms with Crippen LogP contribution in [-0.4, -0.2) is 36.3 Å². The van der Waals surface area contributed by atoms with E-state index < -0.39 is 5.91 Å². The average Bonchev–Trinajstić information content (AvgIpc) is 3.27. The predicted molar refractivity (Wildman–Crippen MR) is 108 cm³/mol. The molecule has 3 N–H and O–H groups in total. The lowest BCUT2D eigenvalue weighted by atomic mass is 10.1. The Morgan fingerprint density at radius 1 is 1.04 bits per heavy atom. The summed E-state index contributed by atoms with van der Waals surface area (Å²) in [5.41, 5.74) is 7.17. The Morgan fingerprint density at radius 2 is 1.79 bits per heavy atom. The van der Waals surface area contributed by atoms with Gasteiger partial charge in [-0.25, -0.2) is 10.9 Å².